The zero-order valence-electron chi connectivity index (χ0n) is 17.8. The van der Waals surface area contributed by atoms with Crippen LogP contribution in [-0.4, -0.2) is 30.4 Å². The van der Waals surface area contributed by atoms with Crippen molar-refractivity contribution in [3.05, 3.63) is 86.3 Å². The minimum Gasteiger partial charge on any atom is -0.425 e. The number of benzene rings is 2. The molecular formula is C23H23FN4O4. The lowest BCUT2D eigenvalue weighted by atomic mass is 10.2. The maximum atomic E-state index is 13.7. The van der Waals surface area contributed by atoms with Crippen LogP contribution in [0.3, 0.4) is 0 Å². The second-order valence-electron chi connectivity index (χ2n) is 7.53. The molecule has 0 saturated heterocycles. The summed E-state index contributed by atoms with van der Waals surface area (Å²) in [5.74, 6) is 0.00317. The van der Waals surface area contributed by atoms with Crippen molar-refractivity contribution in [3.63, 3.8) is 0 Å². The maximum absolute atomic E-state index is 13.7. The van der Waals surface area contributed by atoms with Crippen LogP contribution in [0.5, 0.6) is 11.8 Å². The predicted octanol–water partition coefficient (Wildman–Crippen LogP) is 2.57. The van der Waals surface area contributed by atoms with Crippen molar-refractivity contribution in [2.24, 2.45) is 7.05 Å². The van der Waals surface area contributed by atoms with E-state index in [0.717, 1.165) is 10.1 Å². The zero-order chi connectivity index (χ0) is 22.8. The van der Waals surface area contributed by atoms with Crippen LogP contribution in [0.2, 0.25) is 0 Å². The van der Waals surface area contributed by atoms with Gasteiger partial charge in [0, 0.05) is 20.2 Å². The molecule has 1 N–H and O–H groups in total. The second kappa shape index (κ2) is 8.80. The Bertz CT molecular complexity index is 1390. The number of hydrogen-bond donors (Lipinski definition) is 1. The van der Waals surface area contributed by atoms with Crippen LogP contribution in [0.15, 0.2) is 58.1 Å². The molecule has 4 rings (SSSR count). The number of fused-ring (bicyclic) bond motifs is 1. The highest BCUT2D eigenvalue weighted by atomic mass is 19.1. The Morgan fingerprint density at radius 3 is 2.53 bits per heavy atom. The molecule has 0 aliphatic carbocycles. The largest absolute Gasteiger partial charge is 0.425 e. The van der Waals surface area contributed by atoms with Crippen molar-refractivity contribution < 1.29 is 14.2 Å². The molecule has 0 unspecified atom stereocenters. The average molecular weight is 438 g/mol. The van der Waals surface area contributed by atoms with Gasteiger partial charge in [-0.1, -0.05) is 30.3 Å². The van der Waals surface area contributed by atoms with Gasteiger partial charge in [0.25, 0.3) is 5.56 Å². The van der Waals surface area contributed by atoms with E-state index in [1.54, 1.807) is 17.6 Å². The van der Waals surface area contributed by atoms with Gasteiger partial charge in [-0.2, -0.15) is 4.98 Å². The lowest BCUT2D eigenvalue weighted by Gasteiger charge is -2.11. The molecule has 0 radical (unpaired) electrons. The number of aliphatic hydroxyl groups excluding tert-OH is 1. The molecule has 2 aromatic carbocycles. The SMILES string of the molecule is Cc1cc(Oc2nc3c(c(=O)n(CCCO)c(=O)n3C)n2Cc2ccccc2)ccc1F. The van der Waals surface area contributed by atoms with Crippen LogP contribution in [0, 0.1) is 12.7 Å². The lowest BCUT2D eigenvalue weighted by Crippen LogP contribution is -2.39. The van der Waals surface area contributed by atoms with E-state index >= 15 is 0 Å². The van der Waals surface area contributed by atoms with E-state index in [0.29, 0.717) is 11.3 Å². The summed E-state index contributed by atoms with van der Waals surface area (Å²) < 4.78 is 23.6. The van der Waals surface area contributed by atoms with Crippen LogP contribution in [0.25, 0.3) is 11.2 Å². The van der Waals surface area contributed by atoms with E-state index < -0.39 is 11.2 Å². The van der Waals surface area contributed by atoms with Crippen LogP contribution in [-0.2, 0) is 20.1 Å². The van der Waals surface area contributed by atoms with Gasteiger partial charge < -0.3 is 9.84 Å². The first kappa shape index (κ1) is 21.5. The van der Waals surface area contributed by atoms with Crippen molar-refractivity contribution in [3.8, 4) is 11.8 Å². The number of aromatic nitrogens is 4. The van der Waals surface area contributed by atoms with Crippen molar-refractivity contribution >= 4 is 11.2 Å². The minimum atomic E-state index is -0.524. The van der Waals surface area contributed by atoms with E-state index in [1.165, 1.54) is 23.7 Å². The third kappa shape index (κ3) is 3.94. The fourth-order valence-corrected chi connectivity index (χ4v) is 3.55. The number of ether oxygens (including phenoxy) is 1. The van der Waals surface area contributed by atoms with Crippen molar-refractivity contribution in [2.75, 3.05) is 6.61 Å². The molecule has 0 spiro atoms. The summed E-state index contributed by atoms with van der Waals surface area (Å²) in [7, 11) is 1.53. The number of hydrogen-bond acceptors (Lipinski definition) is 5. The Balaban J connectivity index is 1.93. The molecule has 0 bridgehead atoms. The van der Waals surface area contributed by atoms with Gasteiger partial charge in [-0.05, 0) is 42.7 Å². The molecule has 2 heterocycles. The van der Waals surface area contributed by atoms with Gasteiger partial charge in [0.1, 0.15) is 11.6 Å². The van der Waals surface area contributed by atoms with Crippen molar-refractivity contribution in [1.82, 2.24) is 18.7 Å². The molecule has 0 fully saturated rings. The second-order valence-corrected chi connectivity index (χ2v) is 7.53. The first-order chi connectivity index (χ1) is 15.4. The first-order valence-corrected chi connectivity index (χ1v) is 10.2. The van der Waals surface area contributed by atoms with Crippen molar-refractivity contribution in [2.45, 2.75) is 26.4 Å². The third-order valence-corrected chi connectivity index (χ3v) is 5.26. The van der Waals surface area contributed by atoms with E-state index in [-0.39, 0.29) is 49.1 Å². The summed E-state index contributed by atoms with van der Waals surface area (Å²) in [6.45, 7) is 1.84. The summed E-state index contributed by atoms with van der Waals surface area (Å²) >= 11 is 0. The van der Waals surface area contributed by atoms with E-state index in [9.17, 15) is 14.0 Å². The van der Waals surface area contributed by atoms with E-state index in [4.69, 9.17) is 9.84 Å². The van der Waals surface area contributed by atoms with Crippen molar-refractivity contribution in [1.29, 1.82) is 0 Å². The fraction of sp³-hybridized carbons (Fsp3) is 0.261. The highest BCUT2D eigenvalue weighted by Crippen LogP contribution is 2.26. The summed E-state index contributed by atoms with van der Waals surface area (Å²) in [5.41, 5.74) is 0.677. The van der Waals surface area contributed by atoms with Crippen LogP contribution in [0.4, 0.5) is 4.39 Å². The molecule has 8 nitrogen and oxygen atoms in total. The Morgan fingerprint density at radius 1 is 1.09 bits per heavy atom. The van der Waals surface area contributed by atoms with Gasteiger partial charge in [-0.15, -0.1) is 0 Å². The molecule has 2 aromatic heterocycles. The molecular weight excluding hydrogens is 415 g/mol. The smallest absolute Gasteiger partial charge is 0.332 e. The summed E-state index contributed by atoms with van der Waals surface area (Å²) in [4.78, 5) is 30.5. The molecule has 32 heavy (non-hydrogen) atoms. The predicted molar refractivity (Wildman–Crippen MR) is 118 cm³/mol. The Morgan fingerprint density at radius 2 is 1.84 bits per heavy atom. The summed E-state index contributed by atoms with van der Waals surface area (Å²) in [5, 5.41) is 9.16. The molecule has 0 aliphatic rings. The van der Waals surface area contributed by atoms with Crippen LogP contribution >= 0.6 is 0 Å². The number of aliphatic hydroxyl groups is 1. The van der Waals surface area contributed by atoms with Gasteiger partial charge in [0.2, 0.25) is 0 Å². The third-order valence-electron chi connectivity index (χ3n) is 5.26. The van der Waals surface area contributed by atoms with E-state index in [2.05, 4.69) is 4.98 Å². The summed E-state index contributed by atoms with van der Waals surface area (Å²) in [6.07, 6.45) is 0.270. The van der Waals surface area contributed by atoms with Crippen LogP contribution < -0.4 is 16.0 Å². The lowest BCUT2D eigenvalue weighted by molar-refractivity contribution is 0.277. The Hall–Kier alpha value is -3.72. The quantitative estimate of drug-likeness (QED) is 0.479. The Kier molecular flexibility index (Phi) is 5.91. The zero-order valence-corrected chi connectivity index (χ0v) is 17.8. The standard InChI is InChI=1S/C23H23FN4O4/c1-15-13-17(9-10-18(15)24)32-22-25-20-19(28(22)14-16-7-4-3-5-8-16)21(30)27(11-6-12-29)23(31)26(20)2/h3-5,7-10,13,29H,6,11-12,14H2,1-2H3. The molecule has 0 saturated carbocycles. The maximum Gasteiger partial charge on any atom is 0.332 e. The summed E-state index contributed by atoms with van der Waals surface area (Å²) in [6, 6.07) is 13.9. The van der Waals surface area contributed by atoms with Crippen LogP contribution in [0.1, 0.15) is 17.5 Å². The highest BCUT2D eigenvalue weighted by Gasteiger charge is 2.22. The van der Waals surface area contributed by atoms with Gasteiger partial charge in [0.15, 0.2) is 11.2 Å². The fourth-order valence-electron chi connectivity index (χ4n) is 3.55. The normalized spacial score (nSPS) is 11.2. The van der Waals surface area contributed by atoms with Gasteiger partial charge >= 0.3 is 11.7 Å². The molecule has 0 atom stereocenters. The van der Waals surface area contributed by atoms with Gasteiger partial charge in [0.05, 0.1) is 6.54 Å². The topological polar surface area (TPSA) is 91.3 Å². The van der Waals surface area contributed by atoms with Gasteiger partial charge in [-0.25, -0.2) is 9.18 Å². The molecule has 0 aliphatic heterocycles. The highest BCUT2D eigenvalue weighted by molar-refractivity contribution is 5.72. The average Bonchev–Trinajstić information content (AvgIpc) is 3.13. The minimum absolute atomic E-state index is 0.0851. The number of halogens is 1. The molecule has 9 heteroatoms. The number of aryl methyl sites for hydroxylation is 2. The monoisotopic (exact) mass is 438 g/mol. The first-order valence-electron chi connectivity index (χ1n) is 10.2. The number of nitrogens with zero attached hydrogens (tertiary/aromatic N) is 4. The Labute approximate surface area is 182 Å². The molecule has 166 valence electrons. The van der Waals surface area contributed by atoms with Gasteiger partial charge in [-0.3, -0.25) is 18.5 Å². The number of rotatable bonds is 7. The van der Waals surface area contributed by atoms with E-state index in [1.807, 2.05) is 30.3 Å². The molecule has 4 aromatic rings. The number of imidazole rings is 1. The molecule has 0 amide bonds.